The van der Waals surface area contributed by atoms with Gasteiger partial charge in [-0.25, -0.2) is 0 Å². The molecule has 1 atom stereocenters. The molecule has 0 radical (unpaired) electrons. The van der Waals surface area contributed by atoms with Gasteiger partial charge in [-0.2, -0.15) is 5.26 Å². The molecule has 1 aliphatic rings. The number of hydrogen-bond acceptors (Lipinski definition) is 3. The Labute approximate surface area is 101 Å². The molecule has 1 heterocycles. The molecule has 0 aliphatic carbocycles. The van der Waals surface area contributed by atoms with Crippen molar-refractivity contribution in [3.05, 3.63) is 23.8 Å². The number of thioether (sulfide) groups is 1. The van der Waals surface area contributed by atoms with Crippen molar-refractivity contribution >= 4 is 17.4 Å². The molecule has 84 valence electrons. The minimum atomic E-state index is -0.0685. The molecule has 0 amide bonds. The number of anilines is 1. The molecule has 1 aliphatic heterocycles. The largest absolute Gasteiger partial charge is 0.368 e. The van der Waals surface area contributed by atoms with Crippen molar-refractivity contribution in [2.75, 3.05) is 11.1 Å². The maximum Gasteiger partial charge on any atom is 0.124 e. The van der Waals surface area contributed by atoms with Gasteiger partial charge in [-0.15, -0.1) is 11.8 Å². The molecular weight excluding hydrogens is 216 g/mol. The minimum Gasteiger partial charge on any atom is -0.368 e. The molecule has 2 rings (SSSR count). The predicted octanol–water partition coefficient (Wildman–Crippen LogP) is 3.39. The van der Waals surface area contributed by atoms with Crippen molar-refractivity contribution in [2.45, 2.75) is 37.1 Å². The first-order valence-corrected chi connectivity index (χ1v) is 6.43. The topological polar surface area (TPSA) is 35.8 Å². The molecule has 1 unspecified atom stereocenters. The molecule has 3 heteroatoms. The number of hydrogen-bond donors (Lipinski definition) is 1. The maximum absolute atomic E-state index is 8.98. The number of nitrogens with one attached hydrogen (secondary N) is 1. The van der Waals surface area contributed by atoms with Gasteiger partial charge in [0.15, 0.2) is 0 Å². The summed E-state index contributed by atoms with van der Waals surface area (Å²) in [7, 11) is 0. The summed E-state index contributed by atoms with van der Waals surface area (Å²) < 4.78 is 0. The molecular formula is C13H16N2S. The first kappa shape index (κ1) is 11.3. The zero-order valence-corrected chi connectivity index (χ0v) is 10.7. The first-order valence-electron chi connectivity index (χ1n) is 5.45. The van der Waals surface area contributed by atoms with Crippen molar-refractivity contribution in [1.29, 1.82) is 5.26 Å². The maximum atomic E-state index is 8.98. The third kappa shape index (κ3) is 2.03. The Bertz CT molecular complexity index is 440. The van der Waals surface area contributed by atoms with Crippen molar-refractivity contribution in [1.82, 2.24) is 0 Å². The zero-order valence-electron chi connectivity index (χ0n) is 9.87. The molecule has 2 nitrogen and oxygen atoms in total. The van der Waals surface area contributed by atoms with Gasteiger partial charge >= 0.3 is 0 Å². The normalized spacial score (nSPS) is 19.5. The van der Waals surface area contributed by atoms with Gasteiger partial charge in [-0.3, -0.25) is 0 Å². The number of nitrogens with zero attached hydrogens (tertiary/aromatic N) is 1. The van der Waals surface area contributed by atoms with Gasteiger partial charge in [0.25, 0.3) is 0 Å². The lowest BCUT2D eigenvalue weighted by atomic mass is 9.85. The fourth-order valence-corrected chi connectivity index (χ4v) is 2.88. The summed E-state index contributed by atoms with van der Waals surface area (Å²) in [5, 5.41) is 12.3. The summed E-state index contributed by atoms with van der Waals surface area (Å²) in [5.74, 6) is 0.830. The smallest absolute Gasteiger partial charge is 0.124 e. The third-order valence-corrected chi connectivity index (χ3v) is 3.87. The molecule has 0 saturated heterocycles. The minimum absolute atomic E-state index is 0.0685. The van der Waals surface area contributed by atoms with Crippen LogP contribution in [-0.2, 0) is 5.41 Å². The van der Waals surface area contributed by atoms with Crippen LogP contribution in [0.25, 0.3) is 0 Å². The molecule has 0 spiro atoms. The lowest BCUT2D eigenvalue weighted by Gasteiger charge is -2.29. The van der Waals surface area contributed by atoms with Gasteiger partial charge < -0.3 is 5.32 Å². The lowest BCUT2D eigenvalue weighted by molar-refractivity contribution is 0.589. The van der Waals surface area contributed by atoms with E-state index >= 15 is 0 Å². The summed E-state index contributed by atoms with van der Waals surface area (Å²) in [6.45, 7) is 6.60. The van der Waals surface area contributed by atoms with E-state index in [1.54, 1.807) is 11.8 Å². The monoisotopic (exact) mass is 232 g/mol. The van der Waals surface area contributed by atoms with Crippen LogP contribution in [0.15, 0.2) is 23.1 Å². The van der Waals surface area contributed by atoms with E-state index in [9.17, 15) is 0 Å². The fraction of sp³-hybridized carbons (Fsp3) is 0.462. The van der Waals surface area contributed by atoms with E-state index in [1.807, 2.05) is 0 Å². The average Bonchev–Trinajstić information content (AvgIpc) is 2.26. The Morgan fingerprint density at radius 1 is 1.44 bits per heavy atom. The van der Waals surface area contributed by atoms with Crippen molar-refractivity contribution < 1.29 is 0 Å². The number of nitriles is 1. The molecule has 16 heavy (non-hydrogen) atoms. The molecule has 0 bridgehead atoms. The van der Waals surface area contributed by atoms with Crippen LogP contribution in [0.4, 0.5) is 5.69 Å². The predicted molar refractivity (Wildman–Crippen MR) is 68.9 cm³/mol. The highest BCUT2D eigenvalue weighted by Gasteiger charge is 2.25. The zero-order chi connectivity index (χ0) is 11.8. The first-order chi connectivity index (χ1) is 7.52. The summed E-state index contributed by atoms with van der Waals surface area (Å²) >= 11 is 1.77. The Morgan fingerprint density at radius 3 is 2.81 bits per heavy atom. The second-order valence-electron chi connectivity index (χ2n) is 5.07. The lowest BCUT2D eigenvalue weighted by Crippen LogP contribution is -2.27. The molecule has 1 aromatic rings. The van der Waals surface area contributed by atoms with E-state index in [1.165, 1.54) is 10.5 Å². The van der Waals surface area contributed by atoms with Crippen LogP contribution in [-0.4, -0.2) is 11.8 Å². The Hall–Kier alpha value is -1.14. The summed E-state index contributed by atoms with van der Waals surface area (Å²) in [4.78, 5) is 1.26. The summed E-state index contributed by atoms with van der Waals surface area (Å²) in [6.07, 6.45) is 0. The highest BCUT2D eigenvalue weighted by atomic mass is 32.2. The molecule has 1 N–H and O–H groups in total. The van der Waals surface area contributed by atoms with Crippen LogP contribution >= 0.6 is 11.8 Å². The second-order valence-corrected chi connectivity index (χ2v) is 6.13. The number of para-hydroxylation sites is 1. The standard InChI is InChI=1S/C13H16N2S/c1-13(2,3)10-5-4-6-11-12(10)15-9(7-14)8-16-11/h4-6,9,15H,8H2,1-3H3. The van der Waals surface area contributed by atoms with Gasteiger partial charge in [0.1, 0.15) is 6.04 Å². The van der Waals surface area contributed by atoms with Crippen molar-refractivity contribution in [3.63, 3.8) is 0 Å². The van der Waals surface area contributed by atoms with Gasteiger partial charge in [0.05, 0.1) is 11.8 Å². The van der Waals surface area contributed by atoms with E-state index in [2.05, 4.69) is 50.4 Å². The summed E-state index contributed by atoms with van der Waals surface area (Å²) in [6, 6.07) is 8.59. The molecule has 1 aromatic carbocycles. The highest BCUT2D eigenvalue weighted by Crippen LogP contribution is 2.40. The van der Waals surface area contributed by atoms with Crippen LogP contribution in [0.1, 0.15) is 26.3 Å². The van der Waals surface area contributed by atoms with Crippen molar-refractivity contribution in [2.24, 2.45) is 0 Å². The van der Waals surface area contributed by atoms with Crippen LogP contribution in [0.5, 0.6) is 0 Å². The molecule has 0 saturated carbocycles. The second kappa shape index (κ2) is 4.03. The van der Waals surface area contributed by atoms with Crippen LogP contribution < -0.4 is 5.32 Å². The van der Waals surface area contributed by atoms with Gasteiger partial charge in [0.2, 0.25) is 0 Å². The SMILES string of the molecule is CC(C)(C)c1cccc2c1NC(C#N)CS2. The van der Waals surface area contributed by atoms with Crippen LogP contribution in [0.2, 0.25) is 0 Å². The van der Waals surface area contributed by atoms with Gasteiger partial charge in [-0.05, 0) is 17.0 Å². The number of fused-ring (bicyclic) bond motifs is 1. The van der Waals surface area contributed by atoms with Crippen molar-refractivity contribution in [3.8, 4) is 6.07 Å². The number of benzene rings is 1. The Kier molecular flexibility index (Phi) is 2.86. The Balaban J connectivity index is 2.47. The van der Waals surface area contributed by atoms with E-state index < -0.39 is 0 Å². The fourth-order valence-electron chi connectivity index (χ4n) is 1.88. The van der Waals surface area contributed by atoms with Crippen LogP contribution in [0, 0.1) is 11.3 Å². The van der Waals surface area contributed by atoms with E-state index in [0.717, 1.165) is 11.4 Å². The number of rotatable bonds is 0. The van der Waals surface area contributed by atoms with E-state index in [-0.39, 0.29) is 11.5 Å². The highest BCUT2D eigenvalue weighted by molar-refractivity contribution is 7.99. The third-order valence-electron chi connectivity index (χ3n) is 2.71. The molecule has 0 fully saturated rings. The Morgan fingerprint density at radius 2 is 2.19 bits per heavy atom. The molecule has 0 aromatic heterocycles. The summed E-state index contributed by atoms with van der Waals surface area (Å²) in [5.41, 5.74) is 2.55. The van der Waals surface area contributed by atoms with E-state index in [0.29, 0.717) is 0 Å². The average molecular weight is 232 g/mol. The van der Waals surface area contributed by atoms with E-state index in [4.69, 9.17) is 5.26 Å². The quantitative estimate of drug-likeness (QED) is 0.744. The van der Waals surface area contributed by atoms with Crippen LogP contribution in [0.3, 0.4) is 0 Å². The van der Waals surface area contributed by atoms with Gasteiger partial charge in [0, 0.05) is 10.6 Å². The van der Waals surface area contributed by atoms with Gasteiger partial charge in [-0.1, -0.05) is 32.9 Å².